The second kappa shape index (κ2) is 7.97. The second-order valence-corrected chi connectivity index (χ2v) is 10.5. The quantitative estimate of drug-likeness (QED) is 0.668. The van der Waals surface area contributed by atoms with Gasteiger partial charge in [-0.15, -0.1) is 0 Å². The van der Waals surface area contributed by atoms with Gasteiger partial charge in [0.15, 0.2) is 0 Å². The van der Waals surface area contributed by atoms with E-state index in [9.17, 15) is 9.59 Å². The minimum Gasteiger partial charge on any atom is -0.324 e. The Morgan fingerprint density at radius 3 is 2.47 bits per heavy atom. The average Bonchev–Trinajstić information content (AvgIpc) is 3.38. The number of benzene rings is 1. The van der Waals surface area contributed by atoms with Gasteiger partial charge in [0.25, 0.3) is 5.56 Å². The fraction of sp³-hybridized carbons (Fsp3) is 0.520. The van der Waals surface area contributed by atoms with E-state index in [-0.39, 0.29) is 27.5 Å². The van der Waals surface area contributed by atoms with Gasteiger partial charge in [0.1, 0.15) is 11.3 Å². The van der Waals surface area contributed by atoms with Crippen LogP contribution in [0.25, 0.3) is 0 Å². The Bertz CT molecular complexity index is 970. The monoisotopic (exact) mass is 426 g/mol. The molecule has 1 aromatic heterocycles. The molecule has 5 heteroatoms. The molecule has 0 radical (unpaired) electrons. The second-order valence-electron chi connectivity index (χ2n) is 10.1. The Morgan fingerprint density at radius 1 is 1.20 bits per heavy atom. The molecule has 2 fully saturated rings. The summed E-state index contributed by atoms with van der Waals surface area (Å²) < 4.78 is 0. The number of halogens is 1. The molecule has 1 aliphatic heterocycles. The Balaban J connectivity index is 1.60. The van der Waals surface area contributed by atoms with E-state index in [0.717, 1.165) is 50.8 Å². The first-order valence-corrected chi connectivity index (χ1v) is 11.3. The van der Waals surface area contributed by atoms with Gasteiger partial charge < -0.3 is 9.78 Å². The van der Waals surface area contributed by atoms with Crippen LogP contribution in [0.5, 0.6) is 0 Å². The van der Waals surface area contributed by atoms with Crippen LogP contribution in [-0.4, -0.2) is 34.8 Å². The highest BCUT2D eigenvalue weighted by Gasteiger charge is 2.50. The number of carbonyl (C=O) groups excluding carboxylic acids is 1. The molecule has 2 aromatic rings. The van der Waals surface area contributed by atoms with E-state index in [1.807, 2.05) is 6.07 Å². The van der Waals surface area contributed by atoms with E-state index in [4.69, 9.17) is 11.6 Å². The molecule has 4 nitrogen and oxygen atoms in total. The van der Waals surface area contributed by atoms with E-state index in [1.54, 1.807) is 6.07 Å². The summed E-state index contributed by atoms with van der Waals surface area (Å²) in [7, 11) is 0. The first kappa shape index (κ1) is 21.3. The fourth-order valence-corrected chi connectivity index (χ4v) is 4.84. The van der Waals surface area contributed by atoms with Crippen LogP contribution in [0.1, 0.15) is 69.2 Å². The van der Waals surface area contributed by atoms with Gasteiger partial charge in [-0.05, 0) is 66.8 Å². The summed E-state index contributed by atoms with van der Waals surface area (Å²) in [5, 5.41) is 0.217. The SMILES string of the molecule is CC(C)(C)c1ccc(C(C[C@H]2CCN(C3(C=O)CC3)C2)c2ccc(Cl)c(=O)[nH]2)cc1. The summed E-state index contributed by atoms with van der Waals surface area (Å²) in [5.41, 5.74) is 3.08. The number of aromatic nitrogens is 1. The van der Waals surface area contributed by atoms with Gasteiger partial charge in [-0.3, -0.25) is 9.69 Å². The molecule has 0 amide bonds. The van der Waals surface area contributed by atoms with Crippen molar-refractivity contribution in [2.45, 2.75) is 63.3 Å². The fourth-order valence-electron chi connectivity index (χ4n) is 4.73. The van der Waals surface area contributed by atoms with Crippen molar-refractivity contribution in [3.63, 3.8) is 0 Å². The lowest BCUT2D eigenvalue weighted by molar-refractivity contribution is -0.113. The largest absolute Gasteiger partial charge is 0.324 e. The van der Waals surface area contributed by atoms with Crippen LogP contribution in [0.3, 0.4) is 0 Å². The van der Waals surface area contributed by atoms with Gasteiger partial charge in [-0.2, -0.15) is 0 Å². The topological polar surface area (TPSA) is 53.2 Å². The van der Waals surface area contributed by atoms with Gasteiger partial charge in [0, 0.05) is 18.2 Å². The van der Waals surface area contributed by atoms with Crippen molar-refractivity contribution in [1.82, 2.24) is 9.88 Å². The van der Waals surface area contributed by atoms with Crippen molar-refractivity contribution < 1.29 is 4.79 Å². The van der Waals surface area contributed by atoms with Gasteiger partial charge in [-0.25, -0.2) is 0 Å². The molecule has 1 N–H and O–H groups in total. The molecule has 4 rings (SSSR count). The molecule has 1 aromatic carbocycles. The number of likely N-dealkylation sites (tertiary alicyclic amines) is 1. The molecule has 30 heavy (non-hydrogen) atoms. The molecular formula is C25H31ClN2O2. The first-order chi connectivity index (χ1) is 14.2. The van der Waals surface area contributed by atoms with E-state index < -0.39 is 0 Å². The molecule has 2 aliphatic rings. The zero-order chi connectivity index (χ0) is 21.5. The van der Waals surface area contributed by atoms with Crippen LogP contribution in [-0.2, 0) is 10.2 Å². The molecule has 1 aliphatic carbocycles. The molecule has 160 valence electrons. The predicted octanol–water partition coefficient (Wildman–Crippen LogP) is 4.90. The molecule has 0 spiro atoms. The van der Waals surface area contributed by atoms with E-state index in [0.29, 0.717) is 5.92 Å². The van der Waals surface area contributed by atoms with Gasteiger partial charge >= 0.3 is 0 Å². The lowest BCUT2D eigenvalue weighted by Gasteiger charge is -2.25. The van der Waals surface area contributed by atoms with Crippen molar-refractivity contribution in [3.05, 3.63) is 68.6 Å². The maximum Gasteiger partial charge on any atom is 0.266 e. The molecule has 0 bridgehead atoms. The number of aromatic amines is 1. The Kier molecular flexibility index (Phi) is 5.67. The zero-order valence-corrected chi connectivity index (χ0v) is 18.8. The summed E-state index contributed by atoms with van der Waals surface area (Å²) in [6, 6.07) is 12.4. The van der Waals surface area contributed by atoms with Crippen molar-refractivity contribution >= 4 is 17.9 Å². The summed E-state index contributed by atoms with van der Waals surface area (Å²) >= 11 is 5.98. The number of hydrogen-bond donors (Lipinski definition) is 1. The third-order valence-corrected chi connectivity index (χ3v) is 7.20. The van der Waals surface area contributed by atoms with Crippen LogP contribution in [0, 0.1) is 5.92 Å². The number of carbonyl (C=O) groups is 1. The number of aldehydes is 1. The number of hydrogen-bond acceptors (Lipinski definition) is 3. The normalized spacial score (nSPS) is 22.1. The third-order valence-electron chi connectivity index (χ3n) is 6.90. The summed E-state index contributed by atoms with van der Waals surface area (Å²) in [4.78, 5) is 29.1. The van der Waals surface area contributed by atoms with Crippen molar-refractivity contribution in [2.24, 2.45) is 5.92 Å². The smallest absolute Gasteiger partial charge is 0.266 e. The van der Waals surface area contributed by atoms with Gasteiger partial charge in [0.05, 0.1) is 5.54 Å². The number of nitrogens with one attached hydrogen (secondary N) is 1. The maximum atomic E-state index is 12.2. The standard InChI is InChI=1S/C25H31ClN2O2/c1-24(2,3)19-6-4-18(5-7-19)20(22-9-8-21(26)23(30)27-22)14-17-10-13-28(15-17)25(16-29)11-12-25/h4-9,16-17,20H,10-15H2,1-3H3,(H,27,30)/t17-,20?/m1/s1. The third kappa shape index (κ3) is 4.26. The lowest BCUT2D eigenvalue weighted by atomic mass is 9.82. The van der Waals surface area contributed by atoms with Crippen LogP contribution in [0.15, 0.2) is 41.2 Å². The van der Waals surface area contributed by atoms with E-state index in [1.165, 1.54) is 11.1 Å². The first-order valence-electron chi connectivity index (χ1n) is 10.9. The number of nitrogens with zero attached hydrogens (tertiary/aromatic N) is 1. The van der Waals surface area contributed by atoms with Crippen LogP contribution in [0.2, 0.25) is 5.02 Å². The van der Waals surface area contributed by atoms with Crippen molar-refractivity contribution in [3.8, 4) is 0 Å². The van der Waals surface area contributed by atoms with E-state index >= 15 is 0 Å². The average molecular weight is 427 g/mol. The van der Waals surface area contributed by atoms with E-state index in [2.05, 4.69) is 54.9 Å². The molecular weight excluding hydrogens is 396 g/mol. The Hall–Kier alpha value is -1.91. The van der Waals surface area contributed by atoms with Crippen LogP contribution in [0.4, 0.5) is 0 Å². The molecule has 2 heterocycles. The molecule has 2 atom stereocenters. The zero-order valence-electron chi connectivity index (χ0n) is 18.1. The van der Waals surface area contributed by atoms with Crippen LogP contribution < -0.4 is 5.56 Å². The highest BCUT2D eigenvalue weighted by molar-refractivity contribution is 6.30. The predicted molar refractivity (Wildman–Crippen MR) is 121 cm³/mol. The van der Waals surface area contributed by atoms with Crippen molar-refractivity contribution in [2.75, 3.05) is 13.1 Å². The summed E-state index contributed by atoms with van der Waals surface area (Å²) in [5.74, 6) is 0.592. The highest BCUT2D eigenvalue weighted by atomic mass is 35.5. The number of rotatable bonds is 6. The summed E-state index contributed by atoms with van der Waals surface area (Å²) in [6.45, 7) is 8.57. The molecule has 1 unspecified atom stereocenters. The minimum atomic E-state index is -0.239. The number of H-pyrrole nitrogens is 1. The van der Waals surface area contributed by atoms with Gasteiger partial charge in [-0.1, -0.05) is 56.6 Å². The highest BCUT2D eigenvalue weighted by Crippen LogP contribution is 2.44. The van der Waals surface area contributed by atoms with Crippen molar-refractivity contribution in [1.29, 1.82) is 0 Å². The van der Waals surface area contributed by atoms with Gasteiger partial charge in [0.2, 0.25) is 0 Å². The maximum absolute atomic E-state index is 12.2. The Morgan fingerprint density at radius 2 is 1.90 bits per heavy atom. The Labute approximate surface area is 183 Å². The molecule has 1 saturated carbocycles. The minimum absolute atomic E-state index is 0.0975. The van der Waals surface area contributed by atoms with Crippen LogP contribution >= 0.6 is 11.6 Å². The lowest BCUT2D eigenvalue weighted by Crippen LogP contribution is -2.36. The number of pyridine rings is 1. The molecule has 1 saturated heterocycles. The summed E-state index contributed by atoms with van der Waals surface area (Å²) in [6.07, 6.45) is 5.16.